The van der Waals surface area contributed by atoms with Gasteiger partial charge in [0.1, 0.15) is 31.0 Å². The van der Waals surface area contributed by atoms with E-state index in [0.717, 1.165) is 0 Å². The fourth-order valence-electron chi connectivity index (χ4n) is 6.31. The quantitative estimate of drug-likeness (QED) is 0.181. The van der Waals surface area contributed by atoms with Crippen molar-refractivity contribution < 1.29 is 54.4 Å². The number of ether oxygens (including phenoxy) is 3. The zero-order valence-corrected chi connectivity index (χ0v) is 26.2. The van der Waals surface area contributed by atoms with Gasteiger partial charge >= 0.3 is 18.5 Å². The van der Waals surface area contributed by atoms with Gasteiger partial charge < -0.3 is 19.3 Å². The van der Waals surface area contributed by atoms with Gasteiger partial charge in [-0.3, -0.25) is 4.68 Å². The van der Waals surface area contributed by atoms with Crippen molar-refractivity contribution in [2.45, 2.75) is 112 Å². The Hall–Kier alpha value is -1.75. The molecular formula is C30H41F8N3O4S. The Morgan fingerprint density at radius 1 is 1.02 bits per heavy atom. The number of hydrogen-bond acceptors (Lipinski definition) is 7. The van der Waals surface area contributed by atoms with Crippen LogP contribution in [0.2, 0.25) is 0 Å². The lowest BCUT2D eigenvalue weighted by Gasteiger charge is -2.46. The van der Waals surface area contributed by atoms with Gasteiger partial charge in [0, 0.05) is 11.2 Å². The number of thioether (sulfide) groups is 1. The minimum atomic E-state index is -4.49. The topological polar surface area (TPSA) is 78.6 Å². The van der Waals surface area contributed by atoms with Crippen LogP contribution < -0.4 is 0 Å². The maximum absolute atomic E-state index is 15.3. The van der Waals surface area contributed by atoms with Crippen LogP contribution in [0.4, 0.5) is 35.1 Å². The van der Waals surface area contributed by atoms with Gasteiger partial charge in [-0.15, -0.1) is 11.8 Å². The van der Waals surface area contributed by atoms with E-state index in [2.05, 4.69) is 10.1 Å². The first-order chi connectivity index (χ1) is 21.7. The van der Waals surface area contributed by atoms with Crippen molar-refractivity contribution >= 4 is 11.8 Å². The highest BCUT2D eigenvalue weighted by atomic mass is 32.2. The van der Waals surface area contributed by atoms with Crippen LogP contribution in [-0.4, -0.2) is 92.9 Å². The molecular weight excluding hydrogens is 650 g/mol. The van der Waals surface area contributed by atoms with Gasteiger partial charge in [0.2, 0.25) is 0 Å². The predicted molar refractivity (Wildman–Crippen MR) is 154 cm³/mol. The van der Waals surface area contributed by atoms with Gasteiger partial charge in [-0.2, -0.15) is 27.1 Å². The molecule has 0 spiro atoms. The number of halogens is 8. The largest absolute Gasteiger partial charge is 0.391 e. The summed E-state index contributed by atoms with van der Waals surface area (Å²) in [4.78, 5) is 3.87. The summed E-state index contributed by atoms with van der Waals surface area (Å²) in [5, 5.41) is 15.1. The first-order valence-corrected chi connectivity index (χ1v) is 16.4. The summed E-state index contributed by atoms with van der Waals surface area (Å²) in [6.07, 6.45) is 0.0466. The molecule has 1 N–H and O–H groups in total. The lowest BCUT2D eigenvalue weighted by Crippen LogP contribution is -2.55. The van der Waals surface area contributed by atoms with Crippen molar-refractivity contribution in [2.75, 3.05) is 19.8 Å². The molecule has 2 aliphatic carbocycles. The van der Waals surface area contributed by atoms with E-state index in [-0.39, 0.29) is 43.8 Å². The fraction of sp³-hybridized carbons (Fsp3) is 0.800. The molecule has 46 heavy (non-hydrogen) atoms. The molecule has 262 valence electrons. The van der Waals surface area contributed by atoms with Crippen LogP contribution in [0.3, 0.4) is 0 Å². The summed E-state index contributed by atoms with van der Waals surface area (Å²) in [7, 11) is 0. The summed E-state index contributed by atoms with van der Waals surface area (Å²) < 4.78 is 124. The molecule has 2 saturated carbocycles. The Labute approximate surface area is 267 Å². The maximum atomic E-state index is 15.3. The Morgan fingerprint density at radius 2 is 1.70 bits per heavy atom. The summed E-state index contributed by atoms with van der Waals surface area (Å²) in [6.45, 7) is 0.841. The van der Waals surface area contributed by atoms with Gasteiger partial charge in [-0.25, -0.2) is 18.2 Å². The SMILES string of the molecule is CC(SC1COC(/C=C/C=C/C2CCC(OCC(F)(F)C(F)F)CC2)OC1)C(O)(Cn1cncn1)C1CCC(C(F)(F)F)CC1F. The minimum Gasteiger partial charge on any atom is -0.386 e. The minimum absolute atomic E-state index is 0.116. The Bertz CT molecular complexity index is 1110. The van der Waals surface area contributed by atoms with E-state index >= 15 is 4.39 Å². The van der Waals surface area contributed by atoms with Crippen LogP contribution >= 0.6 is 11.8 Å². The van der Waals surface area contributed by atoms with Crippen molar-refractivity contribution in [1.82, 2.24) is 14.8 Å². The van der Waals surface area contributed by atoms with Crippen LogP contribution in [0.1, 0.15) is 51.9 Å². The van der Waals surface area contributed by atoms with Crippen molar-refractivity contribution in [2.24, 2.45) is 17.8 Å². The van der Waals surface area contributed by atoms with Gasteiger partial charge in [-0.1, -0.05) is 25.2 Å². The number of nitrogens with zero attached hydrogens (tertiary/aromatic N) is 3. The fourth-order valence-corrected chi connectivity index (χ4v) is 7.69. The van der Waals surface area contributed by atoms with E-state index < -0.39 is 72.8 Å². The van der Waals surface area contributed by atoms with Crippen LogP contribution in [0.5, 0.6) is 0 Å². The molecule has 3 fully saturated rings. The molecule has 5 atom stereocenters. The smallest absolute Gasteiger partial charge is 0.386 e. The Kier molecular flexibility index (Phi) is 13.0. The highest BCUT2D eigenvalue weighted by molar-refractivity contribution is 8.00. The highest BCUT2D eigenvalue weighted by Crippen LogP contribution is 2.47. The summed E-state index contributed by atoms with van der Waals surface area (Å²) >= 11 is 1.33. The van der Waals surface area contributed by atoms with E-state index in [0.29, 0.717) is 25.7 Å². The standard InChI is InChI=1S/C30H41F8N3O4S/c1-19(28(42,15-41-18-39-17-40-41)24-11-8-21(12-25(24)31)30(36,37)38)46-23-13-43-26(44-14-23)5-3-2-4-20-6-9-22(10-7-20)45-16-29(34,35)27(32)33/h2-5,17-27,42H,6-16H2,1H3/b4-2+,5-3+. The van der Waals surface area contributed by atoms with Crippen LogP contribution in [0.25, 0.3) is 0 Å². The molecule has 5 unspecified atom stereocenters. The monoisotopic (exact) mass is 691 g/mol. The zero-order chi connectivity index (χ0) is 33.5. The van der Waals surface area contributed by atoms with Crippen molar-refractivity contribution in [1.29, 1.82) is 0 Å². The van der Waals surface area contributed by atoms with E-state index in [1.807, 2.05) is 12.2 Å². The Balaban J connectivity index is 1.22. The highest BCUT2D eigenvalue weighted by Gasteiger charge is 2.53. The molecule has 1 aliphatic heterocycles. The maximum Gasteiger partial charge on any atom is 0.391 e. The molecule has 4 rings (SSSR count). The number of aromatic nitrogens is 3. The average Bonchev–Trinajstić information content (AvgIpc) is 3.52. The number of hydrogen-bond donors (Lipinski definition) is 1. The number of rotatable bonds is 13. The Morgan fingerprint density at radius 3 is 2.28 bits per heavy atom. The lowest BCUT2D eigenvalue weighted by molar-refractivity contribution is -0.198. The first kappa shape index (κ1) is 37.1. The second-order valence-electron chi connectivity index (χ2n) is 12.4. The summed E-state index contributed by atoms with van der Waals surface area (Å²) in [6, 6.07) is 0. The van der Waals surface area contributed by atoms with Crippen LogP contribution in [0.15, 0.2) is 37.0 Å². The molecule has 0 radical (unpaired) electrons. The number of aliphatic hydroxyl groups is 1. The van der Waals surface area contributed by atoms with Gasteiger partial charge in [0.25, 0.3) is 0 Å². The van der Waals surface area contributed by atoms with Crippen LogP contribution in [-0.2, 0) is 20.8 Å². The number of alkyl halides is 8. The third-order valence-corrected chi connectivity index (χ3v) is 10.5. The van der Waals surface area contributed by atoms with E-state index in [1.54, 1.807) is 19.1 Å². The second-order valence-corrected chi connectivity index (χ2v) is 14.0. The molecule has 1 saturated heterocycles. The van der Waals surface area contributed by atoms with E-state index in [4.69, 9.17) is 14.2 Å². The molecule has 7 nitrogen and oxygen atoms in total. The lowest BCUT2D eigenvalue weighted by atomic mass is 9.70. The molecule has 16 heteroatoms. The zero-order valence-electron chi connectivity index (χ0n) is 25.4. The average molecular weight is 692 g/mol. The summed E-state index contributed by atoms with van der Waals surface area (Å²) in [5.41, 5.74) is -1.71. The van der Waals surface area contributed by atoms with Crippen LogP contribution in [0, 0.1) is 17.8 Å². The van der Waals surface area contributed by atoms with Crippen molar-refractivity contribution in [3.05, 3.63) is 37.0 Å². The molecule has 0 aromatic carbocycles. The molecule has 2 heterocycles. The van der Waals surface area contributed by atoms with Crippen molar-refractivity contribution in [3.8, 4) is 0 Å². The third kappa shape index (κ3) is 10.1. The number of allylic oxidation sites excluding steroid dienone is 3. The molecule has 0 bridgehead atoms. The van der Waals surface area contributed by atoms with Gasteiger partial charge in [-0.05, 0) is 56.9 Å². The summed E-state index contributed by atoms with van der Waals surface area (Å²) in [5.74, 6) is -6.72. The normalized spacial score (nSPS) is 32.3. The molecule has 0 amide bonds. The molecule has 1 aromatic rings. The molecule has 1 aromatic heterocycles. The van der Waals surface area contributed by atoms with E-state index in [9.17, 15) is 35.8 Å². The molecule has 3 aliphatic rings. The van der Waals surface area contributed by atoms with Crippen molar-refractivity contribution in [3.63, 3.8) is 0 Å². The van der Waals surface area contributed by atoms with Gasteiger partial charge in [0.15, 0.2) is 6.29 Å². The van der Waals surface area contributed by atoms with Gasteiger partial charge in [0.05, 0.1) is 37.0 Å². The second kappa shape index (κ2) is 16.1. The first-order valence-electron chi connectivity index (χ1n) is 15.4. The predicted octanol–water partition coefficient (Wildman–Crippen LogP) is 6.78. The van der Waals surface area contributed by atoms with E-state index in [1.165, 1.54) is 29.1 Å². The third-order valence-electron chi connectivity index (χ3n) is 9.06.